The molecule has 0 aliphatic carbocycles. The van der Waals surface area contributed by atoms with Crippen LogP contribution in [0.1, 0.15) is 32.2 Å². The van der Waals surface area contributed by atoms with Crippen LogP contribution >= 0.6 is 11.8 Å². The average molecular weight is 349 g/mol. The summed E-state index contributed by atoms with van der Waals surface area (Å²) in [7, 11) is 0. The summed E-state index contributed by atoms with van der Waals surface area (Å²) < 4.78 is 7.41. The third-order valence-corrected chi connectivity index (χ3v) is 4.90. The largest absolute Gasteiger partial charge is 0.372 e. The number of rotatable bonds is 3. The van der Waals surface area contributed by atoms with Crippen molar-refractivity contribution < 1.29 is 9.53 Å². The van der Waals surface area contributed by atoms with E-state index in [4.69, 9.17) is 4.74 Å². The van der Waals surface area contributed by atoms with Crippen LogP contribution in [-0.4, -0.2) is 60.9 Å². The van der Waals surface area contributed by atoms with Crippen molar-refractivity contribution in [1.82, 2.24) is 24.5 Å². The minimum absolute atomic E-state index is 0.0676. The molecule has 1 fully saturated rings. The third-order valence-electron chi connectivity index (χ3n) is 3.96. The Balaban J connectivity index is 1.73. The molecule has 1 amide bonds. The molecule has 0 radical (unpaired) electrons. The molecule has 3 rings (SSSR count). The van der Waals surface area contributed by atoms with Crippen molar-refractivity contribution in [3.05, 3.63) is 17.5 Å². The van der Waals surface area contributed by atoms with Crippen molar-refractivity contribution >= 4 is 23.4 Å². The van der Waals surface area contributed by atoms with E-state index in [1.165, 1.54) is 11.8 Å². The number of ether oxygens (including phenoxy) is 1. The van der Waals surface area contributed by atoms with Gasteiger partial charge in [-0.25, -0.2) is 9.50 Å². The van der Waals surface area contributed by atoms with Gasteiger partial charge in [0, 0.05) is 24.5 Å². The molecule has 2 aromatic heterocycles. The minimum atomic E-state index is -0.249. The van der Waals surface area contributed by atoms with Crippen LogP contribution in [0.5, 0.6) is 0 Å². The Bertz CT molecular complexity index is 752. The van der Waals surface area contributed by atoms with E-state index in [2.05, 4.69) is 15.1 Å². The van der Waals surface area contributed by atoms with Crippen LogP contribution in [0, 0.1) is 13.8 Å². The minimum Gasteiger partial charge on any atom is -0.372 e. The molecular weight excluding hydrogens is 326 g/mol. The van der Waals surface area contributed by atoms with Crippen LogP contribution in [0.25, 0.3) is 5.78 Å². The maximum Gasteiger partial charge on any atom is 0.253 e. The highest BCUT2D eigenvalue weighted by molar-refractivity contribution is 8.00. The van der Waals surface area contributed by atoms with E-state index < -0.39 is 0 Å². The number of aryl methyl sites for hydroxylation is 2. The summed E-state index contributed by atoms with van der Waals surface area (Å²) in [5.74, 6) is 0.671. The van der Waals surface area contributed by atoms with Crippen LogP contribution in [-0.2, 0) is 9.53 Å². The van der Waals surface area contributed by atoms with Crippen molar-refractivity contribution in [2.75, 3.05) is 13.1 Å². The van der Waals surface area contributed by atoms with Crippen molar-refractivity contribution in [3.63, 3.8) is 0 Å². The zero-order chi connectivity index (χ0) is 17.4. The summed E-state index contributed by atoms with van der Waals surface area (Å²) in [6, 6.07) is 1.96. The molecule has 1 aliphatic heterocycles. The molecule has 7 nitrogen and oxygen atoms in total. The molecule has 3 atom stereocenters. The summed E-state index contributed by atoms with van der Waals surface area (Å²) in [4.78, 5) is 23.4. The summed E-state index contributed by atoms with van der Waals surface area (Å²) in [6.07, 6.45) is 0.135. The second-order valence-corrected chi connectivity index (χ2v) is 7.71. The quantitative estimate of drug-likeness (QED) is 0.788. The molecule has 0 saturated carbocycles. The molecule has 2 aromatic rings. The fourth-order valence-corrected chi connectivity index (χ4v) is 3.85. The standard InChI is InChI=1S/C16H23N5O2S/c1-9-6-10(2)21-15(17-9)18-16(19-21)24-13(5)14(22)20-7-11(3)23-12(4)8-20/h6,11-13H,7-8H2,1-5H3/t11-,12-,13-/m1/s1. The Labute approximate surface area is 145 Å². The van der Waals surface area contributed by atoms with Gasteiger partial charge < -0.3 is 9.64 Å². The molecule has 1 aliphatic rings. The van der Waals surface area contributed by atoms with Gasteiger partial charge in [0.25, 0.3) is 5.78 Å². The van der Waals surface area contributed by atoms with Gasteiger partial charge in [-0.3, -0.25) is 4.79 Å². The van der Waals surface area contributed by atoms with Crippen molar-refractivity contribution in [2.45, 2.75) is 57.2 Å². The van der Waals surface area contributed by atoms with Crippen LogP contribution in [0.3, 0.4) is 0 Å². The van der Waals surface area contributed by atoms with Crippen LogP contribution in [0.4, 0.5) is 0 Å². The Morgan fingerprint density at radius 1 is 1.29 bits per heavy atom. The second-order valence-electron chi connectivity index (χ2n) is 6.41. The first kappa shape index (κ1) is 17.2. The molecule has 0 aromatic carbocycles. The second kappa shape index (κ2) is 6.68. The zero-order valence-corrected chi connectivity index (χ0v) is 15.5. The van der Waals surface area contributed by atoms with Crippen molar-refractivity contribution in [3.8, 4) is 0 Å². The molecule has 0 unspecified atom stereocenters. The Kier molecular flexibility index (Phi) is 4.78. The van der Waals surface area contributed by atoms with Gasteiger partial charge in [0.05, 0.1) is 17.5 Å². The molecule has 130 valence electrons. The summed E-state index contributed by atoms with van der Waals surface area (Å²) in [5, 5.41) is 4.79. The topological polar surface area (TPSA) is 72.6 Å². The highest BCUT2D eigenvalue weighted by Crippen LogP contribution is 2.23. The van der Waals surface area contributed by atoms with E-state index in [1.807, 2.05) is 45.6 Å². The smallest absolute Gasteiger partial charge is 0.253 e. The van der Waals surface area contributed by atoms with E-state index in [0.29, 0.717) is 24.0 Å². The molecular formula is C16H23N5O2S. The van der Waals surface area contributed by atoms with Gasteiger partial charge >= 0.3 is 0 Å². The van der Waals surface area contributed by atoms with E-state index >= 15 is 0 Å². The van der Waals surface area contributed by atoms with E-state index in [9.17, 15) is 4.79 Å². The number of nitrogens with zero attached hydrogens (tertiary/aromatic N) is 5. The normalized spacial score (nSPS) is 22.8. The predicted octanol–water partition coefficient (Wildman–Crippen LogP) is 1.86. The van der Waals surface area contributed by atoms with Gasteiger partial charge in [0.1, 0.15) is 0 Å². The fraction of sp³-hybridized carbons (Fsp3) is 0.625. The van der Waals surface area contributed by atoms with Gasteiger partial charge in [-0.1, -0.05) is 11.8 Å². The number of fused-ring (bicyclic) bond motifs is 1. The van der Waals surface area contributed by atoms with Crippen LogP contribution < -0.4 is 0 Å². The summed E-state index contributed by atoms with van der Waals surface area (Å²) in [6.45, 7) is 11.0. The predicted molar refractivity (Wildman–Crippen MR) is 92.2 cm³/mol. The molecule has 0 N–H and O–H groups in total. The molecule has 1 saturated heterocycles. The third kappa shape index (κ3) is 3.54. The van der Waals surface area contributed by atoms with Gasteiger partial charge in [0.15, 0.2) is 0 Å². The maximum absolute atomic E-state index is 12.7. The zero-order valence-electron chi connectivity index (χ0n) is 14.7. The van der Waals surface area contributed by atoms with E-state index in [-0.39, 0.29) is 23.4 Å². The van der Waals surface area contributed by atoms with Gasteiger partial charge in [-0.05, 0) is 40.7 Å². The maximum atomic E-state index is 12.7. The number of carbonyl (C=O) groups excluding carboxylic acids is 1. The number of hydrogen-bond acceptors (Lipinski definition) is 6. The summed E-state index contributed by atoms with van der Waals surface area (Å²) in [5.41, 5.74) is 1.89. The fourth-order valence-electron chi connectivity index (χ4n) is 3.02. The lowest BCUT2D eigenvalue weighted by molar-refractivity contribution is -0.142. The number of aromatic nitrogens is 4. The lowest BCUT2D eigenvalue weighted by Crippen LogP contribution is -2.50. The van der Waals surface area contributed by atoms with Crippen LogP contribution in [0.2, 0.25) is 0 Å². The Hall–Kier alpha value is -1.67. The SMILES string of the molecule is Cc1cc(C)n2nc(S[C@H](C)C(=O)N3C[C@@H](C)O[C@H](C)C3)nc2n1. The van der Waals surface area contributed by atoms with E-state index in [0.717, 1.165) is 11.4 Å². The van der Waals surface area contributed by atoms with Crippen molar-refractivity contribution in [1.29, 1.82) is 0 Å². The first-order valence-electron chi connectivity index (χ1n) is 8.15. The lowest BCUT2D eigenvalue weighted by atomic mass is 10.2. The number of amides is 1. The highest BCUT2D eigenvalue weighted by Gasteiger charge is 2.29. The first-order chi connectivity index (χ1) is 11.3. The monoisotopic (exact) mass is 349 g/mol. The first-order valence-corrected chi connectivity index (χ1v) is 9.03. The van der Waals surface area contributed by atoms with Gasteiger partial charge in [-0.15, -0.1) is 5.10 Å². The number of morpholine rings is 1. The number of carbonyl (C=O) groups is 1. The molecule has 0 bridgehead atoms. The van der Waals surface area contributed by atoms with Crippen molar-refractivity contribution in [2.24, 2.45) is 0 Å². The lowest BCUT2D eigenvalue weighted by Gasteiger charge is -2.36. The Morgan fingerprint density at radius 2 is 1.96 bits per heavy atom. The molecule has 8 heteroatoms. The molecule has 3 heterocycles. The summed E-state index contributed by atoms with van der Waals surface area (Å²) >= 11 is 1.37. The van der Waals surface area contributed by atoms with E-state index in [1.54, 1.807) is 4.52 Å². The Morgan fingerprint density at radius 3 is 2.62 bits per heavy atom. The van der Waals surface area contributed by atoms with Gasteiger partial charge in [0.2, 0.25) is 11.1 Å². The van der Waals surface area contributed by atoms with Crippen LogP contribution in [0.15, 0.2) is 11.2 Å². The number of thioether (sulfide) groups is 1. The molecule has 0 spiro atoms. The average Bonchev–Trinajstić information content (AvgIpc) is 2.88. The molecule has 24 heavy (non-hydrogen) atoms. The van der Waals surface area contributed by atoms with Gasteiger partial charge in [-0.2, -0.15) is 4.98 Å². The highest BCUT2D eigenvalue weighted by atomic mass is 32.2. The number of hydrogen-bond donors (Lipinski definition) is 0.